The number of aliphatic hydroxyl groups is 1. The van der Waals surface area contributed by atoms with Crippen LogP contribution in [0.15, 0.2) is 18.3 Å². The molecule has 0 aliphatic carbocycles. The van der Waals surface area contributed by atoms with Crippen LogP contribution in [0.1, 0.15) is 22.5 Å². The minimum absolute atomic E-state index is 0.00644. The lowest BCUT2D eigenvalue weighted by atomic mass is 10.2. The summed E-state index contributed by atoms with van der Waals surface area (Å²) in [6.07, 6.45) is 1.92. The minimum atomic E-state index is -0.302. The first-order valence-corrected chi connectivity index (χ1v) is 5.18. The molecule has 5 heteroatoms. The summed E-state index contributed by atoms with van der Waals surface area (Å²) in [4.78, 5) is 15.8. The predicted molar refractivity (Wildman–Crippen MR) is 64.0 cm³/mol. The number of aromatic nitrogens is 1. The first-order chi connectivity index (χ1) is 8.15. The maximum atomic E-state index is 11.8. The number of aliphatic hydroxyl groups excluding tert-OH is 1. The highest BCUT2D eigenvalue weighted by molar-refractivity contribution is 5.94. The molecule has 0 spiro atoms. The van der Waals surface area contributed by atoms with Crippen molar-refractivity contribution in [2.24, 2.45) is 0 Å². The van der Waals surface area contributed by atoms with Gasteiger partial charge in [-0.15, -0.1) is 0 Å². The summed E-state index contributed by atoms with van der Waals surface area (Å²) in [5.74, 6) is 5.28. The third-order valence-corrected chi connectivity index (χ3v) is 1.81. The van der Waals surface area contributed by atoms with Crippen molar-refractivity contribution in [2.45, 2.75) is 6.42 Å². The van der Waals surface area contributed by atoms with Crippen molar-refractivity contribution < 1.29 is 9.90 Å². The number of rotatable bonds is 3. The van der Waals surface area contributed by atoms with E-state index in [-0.39, 0.29) is 18.2 Å². The maximum Gasteiger partial charge on any atom is 0.285 e. The van der Waals surface area contributed by atoms with Gasteiger partial charge in [0, 0.05) is 26.7 Å². The van der Waals surface area contributed by atoms with Crippen molar-refractivity contribution in [3.63, 3.8) is 0 Å². The number of carbonyl (C=O) groups excluding carboxylic acids is 1. The Kier molecular flexibility index (Phi) is 5.14. The van der Waals surface area contributed by atoms with Crippen molar-refractivity contribution >= 4 is 5.91 Å². The molecule has 0 aliphatic heterocycles. The molecule has 0 aliphatic rings. The average molecular weight is 233 g/mol. The van der Waals surface area contributed by atoms with Crippen LogP contribution in [0.25, 0.3) is 0 Å². The summed E-state index contributed by atoms with van der Waals surface area (Å²) in [6.45, 7) is 0.00644. The van der Waals surface area contributed by atoms with Crippen LogP contribution < -0.4 is 5.43 Å². The minimum Gasteiger partial charge on any atom is -0.395 e. The van der Waals surface area contributed by atoms with Gasteiger partial charge in [0.05, 0.1) is 12.2 Å². The molecule has 0 saturated carbocycles. The van der Waals surface area contributed by atoms with E-state index in [2.05, 4.69) is 22.3 Å². The Morgan fingerprint density at radius 3 is 3.00 bits per heavy atom. The lowest BCUT2D eigenvalue weighted by molar-refractivity contribution is 0.0851. The topological polar surface area (TPSA) is 65.5 Å². The fraction of sp³-hybridized carbons (Fsp3) is 0.333. The van der Waals surface area contributed by atoms with E-state index in [0.29, 0.717) is 12.0 Å². The molecule has 5 nitrogen and oxygen atoms in total. The van der Waals surface area contributed by atoms with Gasteiger partial charge in [0.25, 0.3) is 5.91 Å². The van der Waals surface area contributed by atoms with Crippen molar-refractivity contribution in [3.8, 4) is 11.8 Å². The molecule has 0 unspecified atom stereocenters. The van der Waals surface area contributed by atoms with E-state index in [4.69, 9.17) is 5.11 Å². The number of hydrogen-bond acceptors (Lipinski definition) is 4. The van der Waals surface area contributed by atoms with Crippen LogP contribution in [0.5, 0.6) is 0 Å². The highest BCUT2D eigenvalue weighted by atomic mass is 16.2. The van der Waals surface area contributed by atoms with Gasteiger partial charge in [-0.25, -0.2) is 9.99 Å². The quantitative estimate of drug-likeness (QED) is 0.570. The van der Waals surface area contributed by atoms with Gasteiger partial charge in [-0.1, -0.05) is 11.8 Å². The standard InChI is InChI=1S/C12H15N3O2/c1-15(2)14-12(17)11-10(6-3-4-9-16)7-5-8-13-11/h5,7-8,16H,4,9H2,1-2H3,(H,14,17). The Morgan fingerprint density at radius 1 is 1.59 bits per heavy atom. The molecule has 1 rings (SSSR count). The predicted octanol–water partition coefficient (Wildman–Crippen LogP) is 0.0219. The summed E-state index contributed by atoms with van der Waals surface area (Å²) >= 11 is 0. The molecule has 0 radical (unpaired) electrons. The molecule has 2 N–H and O–H groups in total. The zero-order valence-electron chi connectivity index (χ0n) is 9.90. The summed E-state index contributed by atoms with van der Waals surface area (Å²) in [5.41, 5.74) is 3.44. The van der Waals surface area contributed by atoms with Gasteiger partial charge in [0.2, 0.25) is 0 Å². The molecule has 0 saturated heterocycles. The second-order valence-corrected chi connectivity index (χ2v) is 3.51. The average Bonchev–Trinajstić information content (AvgIpc) is 2.29. The number of amides is 1. The molecule has 1 aromatic heterocycles. The second kappa shape index (κ2) is 6.63. The zero-order chi connectivity index (χ0) is 12.7. The first-order valence-electron chi connectivity index (χ1n) is 5.18. The molecule has 0 fully saturated rings. The molecule has 1 heterocycles. The van der Waals surface area contributed by atoms with Gasteiger partial charge in [-0.05, 0) is 12.1 Å². The molecule has 90 valence electrons. The van der Waals surface area contributed by atoms with Crippen LogP contribution in [-0.4, -0.2) is 41.7 Å². The molecule has 1 amide bonds. The lowest BCUT2D eigenvalue weighted by Gasteiger charge is -2.11. The van der Waals surface area contributed by atoms with E-state index in [1.165, 1.54) is 0 Å². The van der Waals surface area contributed by atoms with Gasteiger partial charge in [0.1, 0.15) is 5.69 Å². The van der Waals surface area contributed by atoms with Crippen LogP contribution >= 0.6 is 0 Å². The van der Waals surface area contributed by atoms with Gasteiger partial charge in [-0.3, -0.25) is 10.2 Å². The summed E-state index contributed by atoms with van der Waals surface area (Å²) in [7, 11) is 3.44. The maximum absolute atomic E-state index is 11.8. The number of pyridine rings is 1. The third kappa shape index (κ3) is 4.23. The normalized spacial score (nSPS) is 9.65. The van der Waals surface area contributed by atoms with Crippen molar-refractivity contribution in [2.75, 3.05) is 20.7 Å². The van der Waals surface area contributed by atoms with Crippen LogP contribution in [-0.2, 0) is 0 Å². The zero-order valence-corrected chi connectivity index (χ0v) is 9.90. The fourth-order valence-corrected chi connectivity index (χ4v) is 1.16. The highest BCUT2D eigenvalue weighted by Gasteiger charge is 2.11. The fourth-order valence-electron chi connectivity index (χ4n) is 1.16. The second-order valence-electron chi connectivity index (χ2n) is 3.51. The van der Waals surface area contributed by atoms with E-state index < -0.39 is 0 Å². The number of hydrogen-bond donors (Lipinski definition) is 2. The Hall–Kier alpha value is -1.90. The molecule has 0 atom stereocenters. The van der Waals surface area contributed by atoms with E-state index >= 15 is 0 Å². The SMILES string of the molecule is CN(C)NC(=O)c1ncccc1C#CCCO. The Labute approximate surface area is 100 Å². The van der Waals surface area contributed by atoms with Crippen molar-refractivity contribution in [1.29, 1.82) is 0 Å². The summed E-state index contributed by atoms with van der Waals surface area (Å²) in [6, 6.07) is 3.44. The van der Waals surface area contributed by atoms with Gasteiger partial charge >= 0.3 is 0 Å². The van der Waals surface area contributed by atoms with E-state index in [1.54, 1.807) is 37.4 Å². The van der Waals surface area contributed by atoms with Crippen LogP contribution in [0.4, 0.5) is 0 Å². The van der Waals surface area contributed by atoms with E-state index in [1.807, 2.05) is 0 Å². The van der Waals surface area contributed by atoms with Crippen molar-refractivity contribution in [1.82, 2.24) is 15.4 Å². The van der Waals surface area contributed by atoms with E-state index in [9.17, 15) is 4.79 Å². The molecular weight excluding hydrogens is 218 g/mol. The lowest BCUT2D eigenvalue weighted by Crippen LogP contribution is -2.37. The van der Waals surface area contributed by atoms with Gasteiger partial charge in [0.15, 0.2) is 0 Å². The molecule has 17 heavy (non-hydrogen) atoms. The van der Waals surface area contributed by atoms with Gasteiger partial charge < -0.3 is 5.11 Å². The molecule has 1 aromatic rings. The van der Waals surface area contributed by atoms with Crippen LogP contribution in [0, 0.1) is 11.8 Å². The molecule has 0 aromatic carbocycles. The Balaban J connectivity index is 2.92. The van der Waals surface area contributed by atoms with Crippen LogP contribution in [0.3, 0.4) is 0 Å². The van der Waals surface area contributed by atoms with Gasteiger partial charge in [-0.2, -0.15) is 0 Å². The van der Waals surface area contributed by atoms with E-state index in [0.717, 1.165) is 0 Å². The third-order valence-electron chi connectivity index (χ3n) is 1.81. The summed E-state index contributed by atoms with van der Waals surface area (Å²) < 4.78 is 0. The number of nitrogens with zero attached hydrogens (tertiary/aromatic N) is 2. The Bertz CT molecular complexity index is 447. The number of carbonyl (C=O) groups is 1. The smallest absolute Gasteiger partial charge is 0.285 e. The number of hydrazine groups is 1. The number of nitrogens with one attached hydrogen (secondary N) is 1. The van der Waals surface area contributed by atoms with Crippen LogP contribution in [0.2, 0.25) is 0 Å². The van der Waals surface area contributed by atoms with Crippen molar-refractivity contribution in [3.05, 3.63) is 29.6 Å². The Morgan fingerprint density at radius 2 is 2.35 bits per heavy atom. The first kappa shape index (κ1) is 13.2. The largest absolute Gasteiger partial charge is 0.395 e. The molecule has 0 bridgehead atoms. The summed E-state index contributed by atoms with van der Waals surface area (Å²) in [5, 5.41) is 10.2. The highest BCUT2D eigenvalue weighted by Crippen LogP contribution is 2.03. The molecular formula is C12H15N3O2. The monoisotopic (exact) mass is 233 g/mol.